The number of benzene rings is 1. The van der Waals surface area contributed by atoms with Crippen molar-refractivity contribution in [2.75, 3.05) is 13.1 Å². The van der Waals surface area contributed by atoms with E-state index in [1.165, 1.54) is 19.3 Å². The minimum atomic E-state index is 0. The van der Waals surface area contributed by atoms with Crippen LogP contribution in [0.2, 0.25) is 0 Å². The molecule has 0 unspecified atom stereocenters. The molecule has 22 heavy (non-hydrogen) atoms. The van der Waals surface area contributed by atoms with Crippen molar-refractivity contribution in [1.82, 2.24) is 19.9 Å². The highest BCUT2D eigenvalue weighted by Gasteiger charge is 2.12. The third kappa shape index (κ3) is 4.19. The van der Waals surface area contributed by atoms with Crippen LogP contribution in [-0.2, 0) is 6.54 Å². The molecule has 0 saturated carbocycles. The van der Waals surface area contributed by atoms with E-state index < -0.39 is 0 Å². The molecule has 1 aromatic carbocycles. The van der Waals surface area contributed by atoms with Crippen LogP contribution in [0.15, 0.2) is 41.5 Å². The first-order valence-electron chi connectivity index (χ1n) is 7.34. The van der Waals surface area contributed by atoms with E-state index >= 15 is 0 Å². The molecular formula is C15H21IN6. The summed E-state index contributed by atoms with van der Waals surface area (Å²) >= 11 is 0. The first-order valence-corrected chi connectivity index (χ1v) is 7.34. The Kier molecular flexibility index (Phi) is 6.17. The van der Waals surface area contributed by atoms with Crippen molar-refractivity contribution in [3.63, 3.8) is 0 Å². The van der Waals surface area contributed by atoms with Gasteiger partial charge in [0.15, 0.2) is 5.96 Å². The molecule has 1 aromatic heterocycles. The second-order valence-electron chi connectivity index (χ2n) is 5.21. The average Bonchev–Trinajstić information content (AvgIpc) is 3.03. The number of piperidine rings is 1. The Hall–Kier alpha value is -1.64. The molecule has 6 nitrogen and oxygen atoms in total. The number of aliphatic imine (C=N–C) groups is 1. The van der Waals surface area contributed by atoms with Crippen molar-refractivity contribution in [3.05, 3.63) is 42.2 Å². The van der Waals surface area contributed by atoms with Crippen LogP contribution in [-0.4, -0.2) is 38.9 Å². The Morgan fingerprint density at radius 2 is 1.86 bits per heavy atom. The van der Waals surface area contributed by atoms with E-state index in [4.69, 9.17) is 5.73 Å². The van der Waals surface area contributed by atoms with E-state index in [1.807, 2.05) is 36.5 Å². The smallest absolute Gasteiger partial charge is 0.191 e. The quantitative estimate of drug-likeness (QED) is 0.477. The number of likely N-dealkylation sites (tertiary alicyclic amines) is 1. The van der Waals surface area contributed by atoms with Gasteiger partial charge in [0.25, 0.3) is 0 Å². The second-order valence-corrected chi connectivity index (χ2v) is 5.21. The largest absolute Gasteiger partial charge is 0.370 e. The van der Waals surface area contributed by atoms with E-state index in [0.717, 1.165) is 24.5 Å². The van der Waals surface area contributed by atoms with Gasteiger partial charge in [0.05, 0.1) is 18.4 Å². The Morgan fingerprint density at radius 3 is 2.59 bits per heavy atom. The summed E-state index contributed by atoms with van der Waals surface area (Å²) in [5.41, 5.74) is 7.84. The number of hydrogen-bond donors (Lipinski definition) is 1. The minimum absolute atomic E-state index is 0. The van der Waals surface area contributed by atoms with E-state index in [9.17, 15) is 0 Å². The summed E-state index contributed by atoms with van der Waals surface area (Å²) in [4.78, 5) is 6.57. The highest BCUT2D eigenvalue weighted by Crippen LogP contribution is 2.09. The lowest BCUT2D eigenvalue weighted by Crippen LogP contribution is -2.40. The zero-order chi connectivity index (χ0) is 14.5. The normalized spacial score (nSPS) is 15.5. The van der Waals surface area contributed by atoms with Crippen molar-refractivity contribution < 1.29 is 0 Å². The fraction of sp³-hybridized carbons (Fsp3) is 0.400. The molecule has 0 amide bonds. The second kappa shape index (κ2) is 8.11. The zero-order valence-corrected chi connectivity index (χ0v) is 14.8. The number of guanidine groups is 1. The maximum Gasteiger partial charge on any atom is 0.191 e. The standard InChI is InChI=1S/C15H20N6.HI/c16-15(20-9-5-2-6-10-20)17-11-13-12-21(19-18-13)14-7-3-1-4-8-14;/h1,3-4,7-8,12H,2,5-6,9-11H2,(H2,16,17);1H. The maximum absolute atomic E-state index is 6.04. The van der Waals surface area contributed by atoms with E-state index in [2.05, 4.69) is 20.2 Å². The van der Waals surface area contributed by atoms with Crippen LogP contribution in [0.4, 0.5) is 0 Å². The Labute approximate surface area is 147 Å². The number of para-hydroxylation sites is 1. The van der Waals surface area contributed by atoms with Crippen molar-refractivity contribution in [3.8, 4) is 5.69 Å². The molecule has 0 atom stereocenters. The summed E-state index contributed by atoms with van der Waals surface area (Å²) in [7, 11) is 0. The van der Waals surface area contributed by atoms with Crippen LogP contribution in [0.25, 0.3) is 5.69 Å². The van der Waals surface area contributed by atoms with Gasteiger partial charge in [-0.2, -0.15) is 0 Å². The molecule has 1 fully saturated rings. The van der Waals surface area contributed by atoms with Gasteiger partial charge in [0.2, 0.25) is 0 Å². The summed E-state index contributed by atoms with van der Waals surface area (Å²) in [5, 5.41) is 8.26. The molecule has 7 heteroatoms. The predicted molar refractivity (Wildman–Crippen MR) is 97.5 cm³/mol. The molecule has 2 heterocycles. The fourth-order valence-electron chi connectivity index (χ4n) is 2.46. The Morgan fingerprint density at radius 1 is 1.14 bits per heavy atom. The highest BCUT2D eigenvalue weighted by atomic mass is 127. The zero-order valence-electron chi connectivity index (χ0n) is 12.4. The van der Waals surface area contributed by atoms with Crippen LogP contribution in [0.1, 0.15) is 25.0 Å². The Balaban J connectivity index is 0.00000176. The SMILES string of the molecule is I.NC(=NCc1cn(-c2ccccc2)nn1)N1CCCCC1. The number of rotatable bonds is 3. The van der Waals surface area contributed by atoms with E-state index in [0.29, 0.717) is 12.5 Å². The predicted octanol–water partition coefficient (Wildman–Crippen LogP) is 2.19. The van der Waals surface area contributed by atoms with Crippen LogP contribution in [0.3, 0.4) is 0 Å². The van der Waals surface area contributed by atoms with Crippen LogP contribution >= 0.6 is 24.0 Å². The lowest BCUT2D eigenvalue weighted by Gasteiger charge is -2.27. The molecule has 0 spiro atoms. The van der Waals surface area contributed by atoms with Gasteiger partial charge in [0, 0.05) is 13.1 Å². The molecule has 0 radical (unpaired) electrons. The van der Waals surface area contributed by atoms with Gasteiger partial charge >= 0.3 is 0 Å². The topological polar surface area (TPSA) is 72.3 Å². The van der Waals surface area contributed by atoms with E-state index in [1.54, 1.807) is 4.68 Å². The lowest BCUT2D eigenvalue weighted by molar-refractivity contribution is 0.338. The van der Waals surface area contributed by atoms with Gasteiger partial charge in [-0.3, -0.25) is 0 Å². The van der Waals surface area contributed by atoms with Gasteiger partial charge in [0.1, 0.15) is 5.69 Å². The molecule has 2 aromatic rings. The van der Waals surface area contributed by atoms with Crippen molar-refractivity contribution in [2.24, 2.45) is 10.7 Å². The summed E-state index contributed by atoms with van der Waals surface area (Å²) in [6, 6.07) is 9.91. The number of nitrogens with zero attached hydrogens (tertiary/aromatic N) is 5. The third-order valence-corrected chi connectivity index (χ3v) is 3.64. The number of hydrogen-bond acceptors (Lipinski definition) is 3. The summed E-state index contributed by atoms with van der Waals surface area (Å²) in [6.07, 6.45) is 5.57. The van der Waals surface area contributed by atoms with Crippen molar-refractivity contribution in [1.29, 1.82) is 0 Å². The monoisotopic (exact) mass is 412 g/mol. The molecule has 1 aliphatic heterocycles. The molecule has 0 bridgehead atoms. The maximum atomic E-state index is 6.04. The first kappa shape index (κ1) is 16.7. The average molecular weight is 412 g/mol. The molecule has 3 rings (SSSR count). The van der Waals surface area contributed by atoms with E-state index in [-0.39, 0.29) is 24.0 Å². The van der Waals surface area contributed by atoms with Crippen molar-refractivity contribution in [2.45, 2.75) is 25.8 Å². The molecule has 118 valence electrons. The van der Waals surface area contributed by atoms with Gasteiger partial charge in [-0.15, -0.1) is 29.1 Å². The van der Waals surface area contributed by atoms with Gasteiger partial charge in [-0.25, -0.2) is 9.67 Å². The molecule has 0 aliphatic carbocycles. The van der Waals surface area contributed by atoms with Crippen LogP contribution in [0.5, 0.6) is 0 Å². The van der Waals surface area contributed by atoms with Crippen molar-refractivity contribution >= 4 is 29.9 Å². The van der Waals surface area contributed by atoms with Gasteiger partial charge < -0.3 is 10.6 Å². The summed E-state index contributed by atoms with van der Waals surface area (Å²) < 4.78 is 1.75. The van der Waals surface area contributed by atoms with Crippen LogP contribution in [0, 0.1) is 0 Å². The minimum Gasteiger partial charge on any atom is -0.370 e. The van der Waals surface area contributed by atoms with Crippen LogP contribution < -0.4 is 5.73 Å². The molecule has 1 aliphatic rings. The molecular weight excluding hydrogens is 391 g/mol. The summed E-state index contributed by atoms with van der Waals surface area (Å²) in [5.74, 6) is 0.615. The number of nitrogens with two attached hydrogens (primary N) is 1. The first-order chi connectivity index (χ1) is 10.3. The number of aromatic nitrogens is 3. The fourth-order valence-corrected chi connectivity index (χ4v) is 2.46. The summed E-state index contributed by atoms with van der Waals surface area (Å²) in [6.45, 7) is 2.48. The number of halogens is 1. The third-order valence-electron chi connectivity index (χ3n) is 3.64. The molecule has 1 saturated heterocycles. The Bertz CT molecular complexity index is 604. The highest BCUT2D eigenvalue weighted by molar-refractivity contribution is 14.0. The van der Waals surface area contributed by atoms with Gasteiger partial charge in [-0.05, 0) is 31.4 Å². The lowest BCUT2D eigenvalue weighted by atomic mass is 10.1. The van der Waals surface area contributed by atoms with Gasteiger partial charge in [-0.1, -0.05) is 23.4 Å². The molecule has 2 N–H and O–H groups in total.